The fourth-order valence-electron chi connectivity index (χ4n) is 6.10. The number of carbonyl (C=O) groups is 3. The van der Waals surface area contributed by atoms with E-state index in [1.165, 1.54) is 11.8 Å². The van der Waals surface area contributed by atoms with E-state index in [2.05, 4.69) is 0 Å². The SMILES string of the molecule is CC[C@@H](CO)N1C(=O)[C@@H]2[C@H]3C(=O)OCC=C[C@@]3(C)S[C@@]23C=CCN(c2ccc(OC)cc2)C(=O)C13. The van der Waals surface area contributed by atoms with Crippen LogP contribution in [0.5, 0.6) is 5.75 Å². The molecular weight excluding hydrogens is 468 g/mol. The number of likely N-dealkylation sites (tertiary alicyclic amines) is 1. The molecule has 35 heavy (non-hydrogen) atoms. The molecule has 0 radical (unpaired) electrons. The van der Waals surface area contributed by atoms with Gasteiger partial charge in [0.1, 0.15) is 18.4 Å². The molecule has 0 aliphatic carbocycles. The summed E-state index contributed by atoms with van der Waals surface area (Å²) < 4.78 is 9.05. The van der Waals surface area contributed by atoms with Gasteiger partial charge in [0.25, 0.3) is 5.91 Å². The van der Waals surface area contributed by atoms with Crippen molar-refractivity contribution in [3.63, 3.8) is 0 Å². The molecule has 4 aliphatic heterocycles. The Morgan fingerprint density at radius 2 is 1.89 bits per heavy atom. The molecule has 4 heterocycles. The van der Waals surface area contributed by atoms with Crippen LogP contribution in [-0.4, -0.2) is 76.2 Å². The summed E-state index contributed by atoms with van der Waals surface area (Å²) in [5.74, 6) is -1.75. The number of carbonyl (C=O) groups excluding carboxylic acids is 3. The van der Waals surface area contributed by atoms with E-state index in [4.69, 9.17) is 9.47 Å². The largest absolute Gasteiger partial charge is 0.497 e. The summed E-state index contributed by atoms with van der Waals surface area (Å²) in [7, 11) is 1.58. The van der Waals surface area contributed by atoms with Crippen LogP contribution in [-0.2, 0) is 19.1 Å². The average Bonchev–Trinajstić information content (AvgIpc) is 3.11. The lowest BCUT2D eigenvalue weighted by molar-refractivity contribution is -0.153. The highest BCUT2D eigenvalue weighted by Gasteiger charge is 2.74. The van der Waals surface area contributed by atoms with Crippen LogP contribution in [0, 0.1) is 11.8 Å². The lowest BCUT2D eigenvalue weighted by Gasteiger charge is -2.39. The van der Waals surface area contributed by atoms with Crippen molar-refractivity contribution in [2.75, 3.05) is 31.8 Å². The second-order valence-corrected chi connectivity index (χ2v) is 11.4. The third kappa shape index (κ3) is 3.42. The van der Waals surface area contributed by atoms with Gasteiger partial charge in [-0.2, -0.15) is 0 Å². The minimum Gasteiger partial charge on any atom is -0.497 e. The van der Waals surface area contributed by atoms with Gasteiger partial charge in [0, 0.05) is 17.0 Å². The summed E-state index contributed by atoms with van der Waals surface area (Å²) in [6.45, 7) is 4.06. The van der Waals surface area contributed by atoms with Crippen LogP contribution in [0.15, 0.2) is 48.6 Å². The van der Waals surface area contributed by atoms with Crippen molar-refractivity contribution in [2.24, 2.45) is 11.8 Å². The molecule has 1 aromatic rings. The van der Waals surface area contributed by atoms with Gasteiger partial charge in [-0.3, -0.25) is 14.4 Å². The lowest BCUT2D eigenvalue weighted by Crippen LogP contribution is -2.56. The normalized spacial score (nSPS) is 34.6. The van der Waals surface area contributed by atoms with Crippen molar-refractivity contribution in [3.8, 4) is 5.75 Å². The van der Waals surface area contributed by atoms with Crippen LogP contribution in [0.1, 0.15) is 20.3 Å². The summed E-state index contributed by atoms with van der Waals surface area (Å²) in [5.41, 5.74) is 0.688. The zero-order chi connectivity index (χ0) is 25.0. The Labute approximate surface area is 208 Å². The van der Waals surface area contributed by atoms with Gasteiger partial charge in [0.05, 0.1) is 36.3 Å². The van der Waals surface area contributed by atoms with Crippen molar-refractivity contribution in [2.45, 2.75) is 41.8 Å². The summed E-state index contributed by atoms with van der Waals surface area (Å²) in [4.78, 5) is 44.8. The third-order valence-corrected chi connectivity index (χ3v) is 9.51. The molecule has 8 nitrogen and oxygen atoms in total. The number of fused-ring (bicyclic) bond motifs is 2. The van der Waals surface area contributed by atoms with Crippen LogP contribution < -0.4 is 9.64 Å². The second kappa shape index (κ2) is 8.71. The Bertz CT molecular complexity index is 1100. The van der Waals surface area contributed by atoms with Gasteiger partial charge >= 0.3 is 5.97 Å². The van der Waals surface area contributed by atoms with Crippen molar-refractivity contribution in [1.29, 1.82) is 0 Å². The number of anilines is 1. The quantitative estimate of drug-likeness (QED) is 0.491. The van der Waals surface area contributed by atoms with E-state index < -0.39 is 39.4 Å². The van der Waals surface area contributed by atoms with Gasteiger partial charge in [-0.25, -0.2) is 0 Å². The highest BCUT2D eigenvalue weighted by molar-refractivity contribution is 8.02. The van der Waals surface area contributed by atoms with E-state index in [0.717, 1.165) is 0 Å². The van der Waals surface area contributed by atoms with E-state index in [1.54, 1.807) is 29.0 Å². The molecular formula is C26H30N2O6S. The first kappa shape index (κ1) is 23.9. The number of rotatable bonds is 5. The van der Waals surface area contributed by atoms with E-state index >= 15 is 0 Å². The zero-order valence-corrected chi connectivity index (χ0v) is 20.9. The fraction of sp³-hybridized carbons (Fsp3) is 0.500. The van der Waals surface area contributed by atoms with E-state index in [-0.39, 0.29) is 25.0 Å². The molecule has 9 heteroatoms. The first-order valence-corrected chi connectivity index (χ1v) is 12.7. The fourth-order valence-corrected chi connectivity index (χ4v) is 8.24. The highest BCUT2D eigenvalue weighted by atomic mass is 32.2. The molecule has 1 unspecified atom stereocenters. The summed E-state index contributed by atoms with van der Waals surface area (Å²) in [6, 6.07) is 5.82. The number of aliphatic hydroxyl groups is 1. The molecule has 1 spiro atoms. The van der Waals surface area contributed by atoms with Crippen LogP contribution >= 0.6 is 11.8 Å². The molecule has 2 fully saturated rings. The topological polar surface area (TPSA) is 96.4 Å². The number of cyclic esters (lactones) is 1. The van der Waals surface area contributed by atoms with E-state index in [1.807, 2.05) is 50.3 Å². The summed E-state index contributed by atoms with van der Waals surface area (Å²) in [5, 5.41) is 10.2. The number of hydrogen-bond donors (Lipinski definition) is 1. The van der Waals surface area contributed by atoms with Crippen molar-refractivity contribution in [1.82, 2.24) is 4.90 Å². The number of benzene rings is 1. The molecule has 2 saturated heterocycles. The number of ether oxygens (including phenoxy) is 2. The van der Waals surface area contributed by atoms with Crippen LogP contribution in [0.4, 0.5) is 5.69 Å². The Morgan fingerprint density at radius 1 is 1.14 bits per heavy atom. The maximum absolute atomic E-state index is 14.3. The maximum Gasteiger partial charge on any atom is 0.311 e. The number of nitrogens with zero attached hydrogens (tertiary/aromatic N) is 2. The van der Waals surface area contributed by atoms with Gasteiger partial charge in [0.2, 0.25) is 5.91 Å². The molecule has 1 N–H and O–H groups in total. The Hall–Kier alpha value is -2.78. The van der Waals surface area contributed by atoms with Crippen LogP contribution in [0.3, 0.4) is 0 Å². The zero-order valence-electron chi connectivity index (χ0n) is 20.0. The van der Waals surface area contributed by atoms with E-state index in [0.29, 0.717) is 24.4 Å². The highest BCUT2D eigenvalue weighted by Crippen LogP contribution is 2.65. The van der Waals surface area contributed by atoms with Crippen molar-refractivity contribution >= 4 is 35.2 Å². The molecule has 1 aromatic carbocycles. The summed E-state index contributed by atoms with van der Waals surface area (Å²) in [6.07, 6.45) is 8.12. The predicted octanol–water partition coefficient (Wildman–Crippen LogP) is 2.17. The molecule has 5 rings (SSSR count). The van der Waals surface area contributed by atoms with Gasteiger partial charge in [-0.15, -0.1) is 11.8 Å². The van der Waals surface area contributed by atoms with Gasteiger partial charge in [-0.05, 0) is 43.7 Å². The molecule has 0 bridgehead atoms. The van der Waals surface area contributed by atoms with Crippen LogP contribution in [0.25, 0.3) is 0 Å². The Balaban J connectivity index is 1.65. The van der Waals surface area contributed by atoms with E-state index in [9.17, 15) is 19.5 Å². The number of methoxy groups -OCH3 is 1. The molecule has 0 aromatic heterocycles. The van der Waals surface area contributed by atoms with Gasteiger partial charge in [-0.1, -0.05) is 25.2 Å². The van der Waals surface area contributed by atoms with Gasteiger partial charge in [0.15, 0.2) is 0 Å². The Kier molecular flexibility index (Phi) is 5.96. The number of amides is 2. The third-order valence-electron chi connectivity index (χ3n) is 7.71. The standard InChI is InChI=1S/C26H30N2O6S/c1-4-16(15-29)28-21-23(31)27(17-7-9-18(33-3)10-8-17)13-5-12-26(21)19(22(28)30)20-24(32)34-14-6-11-25(20,2)35-26/h5-12,16,19-21,29H,4,13-15H2,1-3H3/t16-,19-,20-,21?,25+,26-/m0/s1. The monoisotopic (exact) mass is 498 g/mol. The minimum absolute atomic E-state index is 0.167. The minimum atomic E-state index is -0.960. The summed E-state index contributed by atoms with van der Waals surface area (Å²) >= 11 is 1.50. The average molecular weight is 499 g/mol. The maximum atomic E-state index is 14.3. The van der Waals surface area contributed by atoms with Crippen LogP contribution in [0.2, 0.25) is 0 Å². The molecule has 2 amide bonds. The van der Waals surface area contributed by atoms with Gasteiger partial charge < -0.3 is 24.4 Å². The Morgan fingerprint density at radius 3 is 2.54 bits per heavy atom. The van der Waals surface area contributed by atoms with Crippen molar-refractivity contribution in [3.05, 3.63) is 48.6 Å². The van der Waals surface area contributed by atoms with Crippen molar-refractivity contribution < 1.29 is 29.0 Å². The second-order valence-electron chi connectivity index (χ2n) is 9.57. The molecule has 186 valence electrons. The smallest absolute Gasteiger partial charge is 0.311 e. The number of hydrogen-bond acceptors (Lipinski definition) is 7. The number of aliphatic hydroxyl groups excluding tert-OH is 1. The number of thioether (sulfide) groups is 1. The molecule has 6 atom stereocenters. The predicted molar refractivity (Wildman–Crippen MR) is 132 cm³/mol. The first-order chi connectivity index (χ1) is 16.8. The molecule has 4 aliphatic rings. The number of esters is 1. The molecule has 0 saturated carbocycles. The lowest BCUT2D eigenvalue weighted by atomic mass is 9.75. The first-order valence-electron chi connectivity index (χ1n) is 11.9.